The van der Waals surface area contributed by atoms with E-state index in [9.17, 15) is 9.59 Å². The highest BCUT2D eigenvalue weighted by Crippen LogP contribution is 2.41. The van der Waals surface area contributed by atoms with Crippen LogP contribution in [0.1, 0.15) is 68.8 Å². The lowest BCUT2D eigenvalue weighted by molar-refractivity contribution is -0.000845. The van der Waals surface area contributed by atoms with Crippen LogP contribution in [0.3, 0.4) is 0 Å². The van der Waals surface area contributed by atoms with Crippen LogP contribution in [0.2, 0.25) is 0 Å². The lowest BCUT2D eigenvalue weighted by Crippen LogP contribution is -2.52. The Morgan fingerprint density at radius 2 is 1.75 bits per heavy atom. The largest absolute Gasteiger partial charge is 0.494 e. The van der Waals surface area contributed by atoms with E-state index < -0.39 is 5.60 Å². The molecule has 0 radical (unpaired) electrons. The van der Waals surface area contributed by atoms with Gasteiger partial charge in [0.25, 0.3) is 5.91 Å². The first-order chi connectivity index (χ1) is 21.1. The normalized spacial score (nSPS) is 17.8. The van der Waals surface area contributed by atoms with Gasteiger partial charge >= 0.3 is 6.09 Å². The Bertz CT molecular complexity index is 1730. The average molecular weight is 618 g/mol. The summed E-state index contributed by atoms with van der Waals surface area (Å²) in [5, 5.41) is 2.30. The van der Waals surface area contributed by atoms with E-state index in [0.717, 1.165) is 74.5 Å². The summed E-state index contributed by atoms with van der Waals surface area (Å²) in [6, 6.07) is 6.10. The highest BCUT2D eigenvalue weighted by molar-refractivity contribution is 7.17. The third-order valence-electron chi connectivity index (χ3n) is 9.22. The summed E-state index contributed by atoms with van der Waals surface area (Å²) in [4.78, 5) is 34.8. The van der Waals surface area contributed by atoms with Crippen LogP contribution in [0.25, 0.3) is 32.8 Å². The molecule has 3 fully saturated rings. The highest BCUT2D eigenvalue weighted by Gasteiger charge is 2.35. The number of aryl methyl sites for hydroxylation is 1. The van der Waals surface area contributed by atoms with Crippen molar-refractivity contribution in [1.82, 2.24) is 23.9 Å². The van der Waals surface area contributed by atoms with Crippen LogP contribution < -0.4 is 4.74 Å². The number of methoxy groups -OCH3 is 1. The molecule has 0 bridgehead atoms. The molecule has 234 valence electrons. The maximum atomic E-state index is 13.4. The second-order valence-electron chi connectivity index (χ2n) is 13.9. The van der Waals surface area contributed by atoms with E-state index >= 15 is 0 Å². The molecular weight excluding hydrogens is 574 g/mol. The number of likely N-dealkylation sites (tertiary alicyclic amines) is 2. The van der Waals surface area contributed by atoms with Crippen molar-refractivity contribution in [2.24, 2.45) is 18.9 Å². The van der Waals surface area contributed by atoms with Crippen molar-refractivity contribution in [3.05, 3.63) is 34.7 Å². The zero-order valence-electron chi connectivity index (χ0n) is 26.5. The summed E-state index contributed by atoms with van der Waals surface area (Å²) in [5.41, 5.74) is 5.58. The molecule has 7 rings (SSSR count). The molecule has 1 saturated carbocycles. The molecule has 2 aliphatic heterocycles. The van der Waals surface area contributed by atoms with Gasteiger partial charge in [0.1, 0.15) is 16.9 Å². The van der Waals surface area contributed by atoms with Gasteiger partial charge in [-0.2, -0.15) is 0 Å². The van der Waals surface area contributed by atoms with Crippen molar-refractivity contribution in [2.45, 2.75) is 71.4 Å². The number of aromatic nitrogens is 3. The number of hydrogen-bond acceptors (Lipinski definition) is 6. The van der Waals surface area contributed by atoms with Crippen LogP contribution in [-0.4, -0.2) is 74.8 Å². The summed E-state index contributed by atoms with van der Waals surface area (Å²) in [6.07, 6.45) is 6.51. The maximum Gasteiger partial charge on any atom is 0.410 e. The van der Waals surface area contributed by atoms with E-state index in [1.165, 1.54) is 35.0 Å². The molecule has 10 heteroatoms. The van der Waals surface area contributed by atoms with Gasteiger partial charge in [0.05, 0.1) is 28.5 Å². The first kappa shape index (κ1) is 29.2. The Hall–Kier alpha value is -3.53. The molecule has 3 aromatic heterocycles. The predicted molar refractivity (Wildman–Crippen MR) is 174 cm³/mol. The molecule has 3 aliphatic rings. The second-order valence-corrected chi connectivity index (χ2v) is 14.8. The maximum absolute atomic E-state index is 13.4. The molecule has 5 heterocycles. The number of carbonyl (C=O) groups is 2. The fraction of sp³-hybridized carbons (Fsp3) is 0.559. The number of ether oxygens (including phenoxy) is 2. The predicted octanol–water partition coefficient (Wildman–Crippen LogP) is 6.71. The Morgan fingerprint density at radius 1 is 1.00 bits per heavy atom. The van der Waals surface area contributed by atoms with E-state index in [1.54, 1.807) is 18.4 Å². The smallest absolute Gasteiger partial charge is 0.410 e. The topological polar surface area (TPSA) is 81.8 Å². The number of fused-ring (bicyclic) bond motifs is 2. The van der Waals surface area contributed by atoms with Gasteiger partial charge in [-0.1, -0.05) is 0 Å². The molecule has 2 amide bonds. The number of imidazole rings is 1. The van der Waals surface area contributed by atoms with E-state index in [1.807, 2.05) is 49.8 Å². The number of thiophene rings is 1. The third-order valence-corrected chi connectivity index (χ3v) is 10.2. The molecule has 9 nitrogen and oxygen atoms in total. The fourth-order valence-electron chi connectivity index (χ4n) is 6.80. The Labute approximate surface area is 262 Å². The number of amides is 2. The van der Waals surface area contributed by atoms with Crippen molar-refractivity contribution < 1.29 is 19.1 Å². The third kappa shape index (κ3) is 5.46. The number of nitrogens with zero attached hydrogens (tertiary/aromatic N) is 5. The molecule has 0 spiro atoms. The minimum absolute atomic E-state index is 0.0561. The van der Waals surface area contributed by atoms with Crippen molar-refractivity contribution in [3.8, 4) is 17.3 Å². The Kier molecular flexibility index (Phi) is 7.38. The first-order valence-electron chi connectivity index (χ1n) is 16.0. The van der Waals surface area contributed by atoms with Gasteiger partial charge in [0.2, 0.25) is 0 Å². The average Bonchev–Trinajstić information content (AvgIpc) is 3.47. The number of rotatable bonds is 7. The van der Waals surface area contributed by atoms with Gasteiger partial charge in [-0.15, -0.1) is 11.3 Å². The molecule has 1 aliphatic carbocycles. The molecule has 2 saturated heterocycles. The van der Waals surface area contributed by atoms with Gasteiger partial charge < -0.3 is 28.4 Å². The quantitative estimate of drug-likeness (QED) is 0.230. The zero-order valence-corrected chi connectivity index (χ0v) is 27.3. The van der Waals surface area contributed by atoms with Gasteiger partial charge in [-0.05, 0) is 100 Å². The van der Waals surface area contributed by atoms with Crippen LogP contribution in [0.4, 0.5) is 4.79 Å². The van der Waals surface area contributed by atoms with Crippen LogP contribution in [0.5, 0.6) is 5.75 Å². The minimum atomic E-state index is -0.480. The zero-order chi connectivity index (χ0) is 30.7. The summed E-state index contributed by atoms with van der Waals surface area (Å²) in [6.45, 7) is 9.76. The monoisotopic (exact) mass is 617 g/mol. The molecule has 0 unspecified atom stereocenters. The lowest BCUT2D eigenvalue weighted by Gasteiger charge is -2.39. The number of piperidine rings is 1. The summed E-state index contributed by atoms with van der Waals surface area (Å²) >= 11 is 1.79. The molecule has 44 heavy (non-hydrogen) atoms. The molecule has 0 atom stereocenters. The molecule has 4 aromatic rings. The minimum Gasteiger partial charge on any atom is -0.494 e. The van der Waals surface area contributed by atoms with Gasteiger partial charge in [0.15, 0.2) is 5.82 Å². The van der Waals surface area contributed by atoms with E-state index in [4.69, 9.17) is 14.5 Å². The fourth-order valence-corrected chi connectivity index (χ4v) is 7.81. The van der Waals surface area contributed by atoms with Crippen LogP contribution in [-0.2, 0) is 24.8 Å². The van der Waals surface area contributed by atoms with E-state index in [-0.39, 0.29) is 12.0 Å². The number of benzene rings is 1. The Balaban J connectivity index is 1.21. The van der Waals surface area contributed by atoms with Crippen molar-refractivity contribution in [2.75, 3.05) is 33.3 Å². The standard InChI is InChI=1S/C34H43N5O4S/c1-34(2,3)43-33(41)38-17-22(18-38)13-24-20-44-28-16-26(39(29(24)28)19-21-9-10-21)31-35-25-14-23(15-27(42-5)30(25)36(31)4)32(40)37-11-7-6-8-12-37/h14-16,20-22H,6-13,17-19H2,1-5H3. The summed E-state index contributed by atoms with van der Waals surface area (Å²) < 4.78 is 17.3. The lowest BCUT2D eigenvalue weighted by atomic mass is 9.93. The van der Waals surface area contributed by atoms with E-state index in [0.29, 0.717) is 23.1 Å². The molecule has 0 N–H and O–H groups in total. The number of carbonyl (C=O) groups excluding carboxylic acids is 2. The van der Waals surface area contributed by atoms with Gasteiger partial charge in [-0.3, -0.25) is 4.79 Å². The van der Waals surface area contributed by atoms with Crippen molar-refractivity contribution >= 4 is 44.6 Å². The second kappa shape index (κ2) is 11.1. The highest BCUT2D eigenvalue weighted by atomic mass is 32.1. The van der Waals surface area contributed by atoms with Crippen molar-refractivity contribution in [1.29, 1.82) is 0 Å². The molecular formula is C34H43N5O4S. The van der Waals surface area contributed by atoms with Crippen molar-refractivity contribution in [3.63, 3.8) is 0 Å². The van der Waals surface area contributed by atoms with Gasteiger partial charge in [0, 0.05) is 45.3 Å². The van der Waals surface area contributed by atoms with Crippen LogP contribution in [0.15, 0.2) is 23.6 Å². The molecule has 1 aromatic carbocycles. The van der Waals surface area contributed by atoms with Crippen LogP contribution in [0, 0.1) is 11.8 Å². The van der Waals surface area contributed by atoms with Crippen LogP contribution >= 0.6 is 11.3 Å². The number of hydrogen-bond donors (Lipinski definition) is 0. The summed E-state index contributed by atoms with van der Waals surface area (Å²) in [7, 11) is 3.71. The van der Waals surface area contributed by atoms with Gasteiger partial charge in [-0.25, -0.2) is 9.78 Å². The summed E-state index contributed by atoms with van der Waals surface area (Å²) in [5.74, 6) is 2.72. The van der Waals surface area contributed by atoms with E-state index in [2.05, 4.69) is 20.6 Å². The first-order valence-corrected chi connectivity index (χ1v) is 16.9. The Morgan fingerprint density at radius 3 is 2.43 bits per heavy atom. The SMILES string of the molecule is COc1cc(C(=O)N2CCCCC2)cc2nc(-c3cc4scc(CC5CN(C(=O)OC(C)(C)C)C5)c4n3CC3CC3)n(C)c12.